The molecule has 0 aliphatic carbocycles. The maximum atomic E-state index is 10.9. The van der Waals surface area contributed by atoms with Gasteiger partial charge in [-0.3, -0.25) is 4.79 Å². The Morgan fingerprint density at radius 3 is 2.47 bits per heavy atom. The first-order valence-corrected chi connectivity index (χ1v) is 5.35. The number of hydrogen-bond donors (Lipinski definition) is 2. The van der Waals surface area contributed by atoms with Crippen molar-refractivity contribution < 1.29 is 14.3 Å². The van der Waals surface area contributed by atoms with Crippen LogP contribution in [0.25, 0.3) is 0 Å². The lowest BCUT2D eigenvalue weighted by Crippen LogP contribution is -2.29. The van der Waals surface area contributed by atoms with Crippen molar-refractivity contribution in [2.75, 3.05) is 13.2 Å². The van der Waals surface area contributed by atoms with Crippen molar-refractivity contribution in [1.82, 2.24) is 5.32 Å². The summed E-state index contributed by atoms with van der Waals surface area (Å²) in [4.78, 5) is 21.2. The maximum Gasteiger partial charge on any atom is 0.312 e. The van der Waals surface area contributed by atoms with Crippen molar-refractivity contribution in [2.24, 2.45) is 5.73 Å². The molecule has 0 rings (SSSR count). The van der Waals surface area contributed by atoms with Crippen LogP contribution in [0.4, 0.5) is 4.79 Å². The Morgan fingerprint density at radius 1 is 1.20 bits per heavy atom. The van der Waals surface area contributed by atoms with Crippen LogP contribution in [0, 0.1) is 0 Å². The van der Waals surface area contributed by atoms with E-state index in [9.17, 15) is 9.59 Å². The topological polar surface area (TPSA) is 81.4 Å². The number of unbranched alkanes of at least 4 members (excludes halogenated alkanes) is 3. The molecule has 0 spiro atoms. The van der Waals surface area contributed by atoms with E-state index < -0.39 is 6.03 Å². The van der Waals surface area contributed by atoms with Gasteiger partial charge in [0.05, 0.1) is 6.61 Å². The van der Waals surface area contributed by atoms with Gasteiger partial charge in [-0.1, -0.05) is 12.8 Å². The van der Waals surface area contributed by atoms with Crippen molar-refractivity contribution in [3.63, 3.8) is 0 Å². The number of ether oxygens (including phenoxy) is 1. The SMILES string of the molecule is CCOC(=O)CCCCCCNC(N)=O. The van der Waals surface area contributed by atoms with Gasteiger partial charge in [0.15, 0.2) is 0 Å². The van der Waals surface area contributed by atoms with E-state index in [4.69, 9.17) is 10.5 Å². The number of primary amides is 1. The predicted octanol–water partition coefficient (Wildman–Crippen LogP) is 1.17. The molecular formula is C10H20N2O3. The smallest absolute Gasteiger partial charge is 0.312 e. The summed E-state index contributed by atoms with van der Waals surface area (Å²) in [6, 6.07) is -0.485. The molecule has 0 radical (unpaired) electrons. The van der Waals surface area contributed by atoms with Crippen molar-refractivity contribution in [3.05, 3.63) is 0 Å². The van der Waals surface area contributed by atoms with Gasteiger partial charge in [0.1, 0.15) is 0 Å². The summed E-state index contributed by atoms with van der Waals surface area (Å²) in [7, 11) is 0. The van der Waals surface area contributed by atoms with Crippen LogP contribution < -0.4 is 11.1 Å². The number of hydrogen-bond acceptors (Lipinski definition) is 3. The maximum absolute atomic E-state index is 10.9. The van der Waals surface area contributed by atoms with Crippen LogP contribution in [0.5, 0.6) is 0 Å². The van der Waals surface area contributed by atoms with Crippen LogP contribution in [0.1, 0.15) is 39.0 Å². The summed E-state index contributed by atoms with van der Waals surface area (Å²) in [6.07, 6.45) is 4.18. The molecule has 0 saturated carbocycles. The monoisotopic (exact) mass is 216 g/mol. The van der Waals surface area contributed by atoms with Gasteiger partial charge in [-0.2, -0.15) is 0 Å². The molecule has 88 valence electrons. The van der Waals surface area contributed by atoms with Gasteiger partial charge in [0.2, 0.25) is 0 Å². The minimum atomic E-state index is -0.485. The number of amides is 2. The van der Waals surface area contributed by atoms with Gasteiger partial charge in [0, 0.05) is 13.0 Å². The predicted molar refractivity (Wildman–Crippen MR) is 57.3 cm³/mol. The summed E-state index contributed by atoms with van der Waals surface area (Å²) in [6.45, 7) is 2.85. The number of carbonyl (C=O) groups is 2. The molecule has 5 nitrogen and oxygen atoms in total. The molecule has 5 heteroatoms. The third-order valence-corrected chi connectivity index (χ3v) is 1.91. The molecule has 3 N–H and O–H groups in total. The lowest BCUT2D eigenvalue weighted by Gasteiger charge is -2.02. The van der Waals surface area contributed by atoms with Crippen molar-refractivity contribution in [3.8, 4) is 0 Å². The molecule has 2 amide bonds. The highest BCUT2D eigenvalue weighted by Crippen LogP contribution is 2.03. The lowest BCUT2D eigenvalue weighted by molar-refractivity contribution is -0.143. The molecule has 0 atom stereocenters. The number of urea groups is 1. The first-order valence-electron chi connectivity index (χ1n) is 5.35. The second-order valence-electron chi connectivity index (χ2n) is 3.26. The summed E-state index contributed by atoms with van der Waals surface area (Å²) >= 11 is 0. The molecule has 0 saturated heterocycles. The fourth-order valence-electron chi connectivity index (χ4n) is 1.19. The Bertz CT molecular complexity index is 195. The third-order valence-electron chi connectivity index (χ3n) is 1.91. The van der Waals surface area contributed by atoms with Gasteiger partial charge < -0.3 is 15.8 Å². The molecule has 0 unspecified atom stereocenters. The standard InChI is InChI=1S/C10H20N2O3/c1-2-15-9(13)7-5-3-4-6-8-12-10(11)14/h2-8H2,1H3,(H3,11,12,14). The first kappa shape index (κ1) is 13.7. The Balaban J connectivity index is 3.11. The fourth-order valence-corrected chi connectivity index (χ4v) is 1.19. The molecule has 0 aliphatic rings. The number of esters is 1. The molecule has 0 fully saturated rings. The third kappa shape index (κ3) is 10.7. The summed E-state index contributed by atoms with van der Waals surface area (Å²) < 4.78 is 4.79. The van der Waals surface area contributed by atoms with E-state index in [2.05, 4.69) is 5.32 Å². The molecule has 0 aromatic carbocycles. The highest BCUT2D eigenvalue weighted by molar-refractivity contribution is 5.71. The summed E-state index contributed by atoms with van der Waals surface area (Å²) in [5.41, 5.74) is 4.90. The minimum Gasteiger partial charge on any atom is -0.466 e. The molecule has 0 aromatic rings. The van der Waals surface area contributed by atoms with Crippen molar-refractivity contribution in [2.45, 2.75) is 39.0 Å². The molecule has 0 heterocycles. The quantitative estimate of drug-likeness (QED) is 0.472. The van der Waals surface area contributed by atoms with E-state index in [1.807, 2.05) is 0 Å². The van der Waals surface area contributed by atoms with E-state index in [0.29, 0.717) is 19.6 Å². The Morgan fingerprint density at radius 2 is 1.87 bits per heavy atom. The van der Waals surface area contributed by atoms with Gasteiger partial charge in [-0.25, -0.2) is 4.79 Å². The highest BCUT2D eigenvalue weighted by atomic mass is 16.5. The Kier molecular flexibility index (Phi) is 8.52. The number of carbonyl (C=O) groups excluding carboxylic acids is 2. The van der Waals surface area contributed by atoms with Gasteiger partial charge >= 0.3 is 12.0 Å². The average molecular weight is 216 g/mol. The molecular weight excluding hydrogens is 196 g/mol. The van der Waals surface area contributed by atoms with Crippen LogP contribution in [-0.4, -0.2) is 25.2 Å². The Hall–Kier alpha value is -1.26. The summed E-state index contributed by atoms with van der Waals surface area (Å²) in [5, 5.41) is 2.51. The largest absolute Gasteiger partial charge is 0.466 e. The zero-order valence-corrected chi connectivity index (χ0v) is 9.25. The van der Waals surface area contributed by atoms with Crippen LogP contribution in [0.2, 0.25) is 0 Å². The van der Waals surface area contributed by atoms with Crippen LogP contribution in [-0.2, 0) is 9.53 Å². The van der Waals surface area contributed by atoms with Crippen LogP contribution in [0.15, 0.2) is 0 Å². The van der Waals surface area contributed by atoms with E-state index in [1.54, 1.807) is 6.92 Å². The highest BCUT2D eigenvalue weighted by Gasteiger charge is 2.00. The van der Waals surface area contributed by atoms with E-state index in [-0.39, 0.29) is 5.97 Å². The van der Waals surface area contributed by atoms with Crippen LogP contribution >= 0.6 is 0 Å². The number of rotatable bonds is 8. The van der Waals surface area contributed by atoms with Gasteiger partial charge in [-0.15, -0.1) is 0 Å². The molecule has 15 heavy (non-hydrogen) atoms. The Labute approximate surface area is 90.4 Å². The zero-order valence-electron chi connectivity index (χ0n) is 9.25. The zero-order chi connectivity index (χ0) is 11.5. The average Bonchev–Trinajstić information content (AvgIpc) is 2.16. The molecule has 0 bridgehead atoms. The van der Waals surface area contributed by atoms with E-state index >= 15 is 0 Å². The molecule has 0 aliphatic heterocycles. The normalized spacial score (nSPS) is 9.67. The van der Waals surface area contributed by atoms with Crippen molar-refractivity contribution >= 4 is 12.0 Å². The van der Waals surface area contributed by atoms with Gasteiger partial charge in [-0.05, 0) is 19.8 Å². The fraction of sp³-hybridized carbons (Fsp3) is 0.800. The minimum absolute atomic E-state index is 0.132. The first-order chi connectivity index (χ1) is 7.16. The number of nitrogens with two attached hydrogens (primary N) is 1. The summed E-state index contributed by atoms with van der Waals surface area (Å²) in [5.74, 6) is -0.132. The second kappa shape index (κ2) is 9.30. The van der Waals surface area contributed by atoms with Crippen LogP contribution in [0.3, 0.4) is 0 Å². The lowest BCUT2D eigenvalue weighted by atomic mass is 10.1. The number of nitrogens with one attached hydrogen (secondary N) is 1. The van der Waals surface area contributed by atoms with E-state index in [1.165, 1.54) is 0 Å². The van der Waals surface area contributed by atoms with Gasteiger partial charge in [0.25, 0.3) is 0 Å². The molecule has 0 aromatic heterocycles. The van der Waals surface area contributed by atoms with E-state index in [0.717, 1.165) is 25.7 Å². The van der Waals surface area contributed by atoms with Crippen molar-refractivity contribution in [1.29, 1.82) is 0 Å². The second-order valence-corrected chi connectivity index (χ2v) is 3.26.